The summed E-state index contributed by atoms with van der Waals surface area (Å²) in [5, 5.41) is 0. The molecule has 0 aliphatic carbocycles. The van der Waals surface area contributed by atoms with Crippen molar-refractivity contribution in [3.63, 3.8) is 0 Å². The normalized spacial score (nSPS) is 18.1. The van der Waals surface area contributed by atoms with E-state index >= 15 is 0 Å². The standard InChI is InChI=1S/C20H24N2O5S2/c1-15-3-4-16(2)20(13-15)29(25,26)22-8-7-17-14-18(5-6-19(17)22)28(23,24)21-9-11-27-12-10-21/h3-6,13-14H,7-12H2,1-2H3. The number of hydrogen-bond acceptors (Lipinski definition) is 5. The van der Waals surface area contributed by atoms with Crippen LogP contribution < -0.4 is 4.31 Å². The topological polar surface area (TPSA) is 84.0 Å². The number of ether oxygens (including phenoxy) is 1. The zero-order chi connectivity index (χ0) is 20.8. The molecular weight excluding hydrogens is 412 g/mol. The molecule has 4 rings (SSSR count). The van der Waals surface area contributed by atoms with E-state index in [0.29, 0.717) is 50.5 Å². The lowest BCUT2D eigenvalue weighted by Crippen LogP contribution is -2.40. The van der Waals surface area contributed by atoms with Crippen molar-refractivity contribution in [1.29, 1.82) is 0 Å². The average Bonchev–Trinajstić information content (AvgIpc) is 3.14. The molecule has 2 heterocycles. The van der Waals surface area contributed by atoms with E-state index in [1.165, 1.54) is 14.7 Å². The SMILES string of the molecule is Cc1ccc(C)c(S(=O)(=O)N2CCc3cc(S(=O)(=O)N4CCOCC4)ccc32)c1. The van der Waals surface area contributed by atoms with Crippen LogP contribution in [-0.2, 0) is 31.2 Å². The van der Waals surface area contributed by atoms with Crippen LogP contribution in [0.25, 0.3) is 0 Å². The second-order valence-electron chi connectivity index (χ2n) is 7.40. The van der Waals surface area contributed by atoms with Crippen LogP contribution in [-0.4, -0.2) is 54.0 Å². The van der Waals surface area contributed by atoms with Crippen molar-refractivity contribution >= 4 is 25.7 Å². The fourth-order valence-electron chi connectivity index (χ4n) is 3.80. The monoisotopic (exact) mass is 436 g/mol. The van der Waals surface area contributed by atoms with E-state index in [9.17, 15) is 16.8 Å². The van der Waals surface area contributed by atoms with E-state index in [0.717, 1.165) is 11.1 Å². The van der Waals surface area contributed by atoms with Crippen molar-refractivity contribution in [2.75, 3.05) is 37.2 Å². The van der Waals surface area contributed by atoms with Gasteiger partial charge in [0.1, 0.15) is 0 Å². The van der Waals surface area contributed by atoms with E-state index in [2.05, 4.69) is 0 Å². The summed E-state index contributed by atoms with van der Waals surface area (Å²) in [6.45, 7) is 5.35. The fourth-order valence-corrected chi connectivity index (χ4v) is 7.07. The van der Waals surface area contributed by atoms with Gasteiger partial charge in [0.15, 0.2) is 0 Å². The van der Waals surface area contributed by atoms with Gasteiger partial charge in [-0.3, -0.25) is 4.31 Å². The summed E-state index contributed by atoms with van der Waals surface area (Å²) in [6, 6.07) is 10.1. The Bertz CT molecular complexity index is 1150. The number of nitrogens with zero attached hydrogens (tertiary/aromatic N) is 2. The van der Waals surface area contributed by atoms with Crippen LogP contribution in [0.1, 0.15) is 16.7 Å². The smallest absolute Gasteiger partial charge is 0.264 e. The van der Waals surface area contributed by atoms with Crippen molar-refractivity contribution in [3.05, 3.63) is 53.1 Å². The van der Waals surface area contributed by atoms with Crippen LogP contribution >= 0.6 is 0 Å². The molecule has 0 saturated carbocycles. The minimum Gasteiger partial charge on any atom is -0.379 e. The molecule has 9 heteroatoms. The first-order valence-electron chi connectivity index (χ1n) is 9.52. The Morgan fingerprint density at radius 2 is 1.59 bits per heavy atom. The Labute approximate surface area is 172 Å². The van der Waals surface area contributed by atoms with Crippen LogP contribution in [0.4, 0.5) is 5.69 Å². The highest BCUT2D eigenvalue weighted by molar-refractivity contribution is 7.93. The third-order valence-electron chi connectivity index (χ3n) is 5.42. The zero-order valence-corrected chi connectivity index (χ0v) is 18.1. The molecule has 0 spiro atoms. The molecule has 0 N–H and O–H groups in total. The molecule has 2 aromatic rings. The van der Waals surface area contributed by atoms with Gasteiger partial charge < -0.3 is 4.74 Å². The van der Waals surface area contributed by atoms with Gasteiger partial charge in [-0.25, -0.2) is 16.8 Å². The Kier molecular flexibility index (Phi) is 5.18. The van der Waals surface area contributed by atoms with Crippen molar-refractivity contribution < 1.29 is 21.6 Å². The zero-order valence-electron chi connectivity index (χ0n) is 16.5. The van der Waals surface area contributed by atoms with Crippen molar-refractivity contribution in [2.24, 2.45) is 0 Å². The molecule has 1 saturated heterocycles. The number of anilines is 1. The quantitative estimate of drug-likeness (QED) is 0.733. The highest BCUT2D eigenvalue weighted by atomic mass is 32.2. The molecule has 0 radical (unpaired) electrons. The molecule has 0 atom stereocenters. The minimum absolute atomic E-state index is 0.198. The lowest BCUT2D eigenvalue weighted by Gasteiger charge is -2.26. The predicted molar refractivity (Wildman–Crippen MR) is 110 cm³/mol. The number of morpholine rings is 1. The molecule has 0 bridgehead atoms. The van der Waals surface area contributed by atoms with Gasteiger partial charge in [-0.2, -0.15) is 4.31 Å². The molecule has 2 aliphatic rings. The maximum absolute atomic E-state index is 13.3. The molecule has 0 amide bonds. The van der Waals surface area contributed by atoms with E-state index in [4.69, 9.17) is 4.74 Å². The van der Waals surface area contributed by atoms with Crippen molar-refractivity contribution in [3.8, 4) is 0 Å². The minimum atomic E-state index is -3.72. The molecule has 29 heavy (non-hydrogen) atoms. The van der Waals surface area contributed by atoms with Gasteiger partial charge in [0, 0.05) is 19.6 Å². The largest absolute Gasteiger partial charge is 0.379 e. The molecular formula is C20H24N2O5S2. The first-order valence-corrected chi connectivity index (χ1v) is 12.4. The molecule has 7 nitrogen and oxygen atoms in total. The van der Waals surface area contributed by atoms with Crippen molar-refractivity contribution in [2.45, 2.75) is 30.1 Å². The second kappa shape index (κ2) is 7.39. The summed E-state index contributed by atoms with van der Waals surface area (Å²) < 4.78 is 60.4. The molecule has 0 aromatic heterocycles. The van der Waals surface area contributed by atoms with E-state index < -0.39 is 20.0 Å². The number of sulfonamides is 2. The summed E-state index contributed by atoms with van der Waals surface area (Å²) >= 11 is 0. The van der Waals surface area contributed by atoms with Crippen molar-refractivity contribution in [1.82, 2.24) is 4.31 Å². The van der Waals surface area contributed by atoms with E-state index in [-0.39, 0.29) is 9.79 Å². The van der Waals surface area contributed by atoms with Crippen LogP contribution in [0.2, 0.25) is 0 Å². The van der Waals surface area contributed by atoms with Crippen LogP contribution in [0.3, 0.4) is 0 Å². The molecule has 2 aromatic carbocycles. The van der Waals surface area contributed by atoms with Gasteiger partial charge >= 0.3 is 0 Å². The fraction of sp³-hybridized carbons (Fsp3) is 0.400. The average molecular weight is 437 g/mol. The van der Waals surface area contributed by atoms with Crippen LogP contribution in [0, 0.1) is 13.8 Å². The van der Waals surface area contributed by atoms with Gasteiger partial charge in [-0.1, -0.05) is 12.1 Å². The first kappa shape index (κ1) is 20.3. The van der Waals surface area contributed by atoms with Gasteiger partial charge in [0.2, 0.25) is 10.0 Å². The summed E-state index contributed by atoms with van der Waals surface area (Å²) in [7, 11) is -7.33. The third kappa shape index (κ3) is 3.56. The Hall–Kier alpha value is -1.94. The first-order chi connectivity index (χ1) is 13.7. The Balaban J connectivity index is 1.69. The van der Waals surface area contributed by atoms with E-state index in [1.807, 2.05) is 13.0 Å². The van der Waals surface area contributed by atoms with Gasteiger partial charge in [0.25, 0.3) is 10.0 Å². The summed E-state index contributed by atoms with van der Waals surface area (Å²) in [5.74, 6) is 0. The summed E-state index contributed by atoms with van der Waals surface area (Å²) in [4.78, 5) is 0.486. The highest BCUT2D eigenvalue weighted by Gasteiger charge is 2.34. The predicted octanol–water partition coefficient (Wildman–Crippen LogP) is 2.08. The maximum atomic E-state index is 13.3. The van der Waals surface area contributed by atoms with Crippen LogP contribution in [0.5, 0.6) is 0 Å². The third-order valence-corrected chi connectivity index (χ3v) is 9.27. The summed E-state index contributed by atoms with van der Waals surface area (Å²) in [5.41, 5.74) is 2.84. The van der Waals surface area contributed by atoms with Gasteiger partial charge in [0.05, 0.1) is 28.7 Å². The lowest BCUT2D eigenvalue weighted by molar-refractivity contribution is 0.0730. The summed E-state index contributed by atoms with van der Waals surface area (Å²) in [6.07, 6.45) is 0.478. The Morgan fingerprint density at radius 3 is 2.31 bits per heavy atom. The maximum Gasteiger partial charge on any atom is 0.264 e. The molecule has 156 valence electrons. The Morgan fingerprint density at radius 1 is 0.862 bits per heavy atom. The number of hydrogen-bond donors (Lipinski definition) is 0. The number of fused-ring (bicyclic) bond motifs is 1. The number of benzene rings is 2. The van der Waals surface area contributed by atoms with Gasteiger partial charge in [-0.05, 0) is 61.2 Å². The molecule has 2 aliphatic heterocycles. The van der Waals surface area contributed by atoms with Gasteiger partial charge in [-0.15, -0.1) is 0 Å². The second-order valence-corrected chi connectivity index (χ2v) is 11.2. The molecule has 1 fully saturated rings. The lowest BCUT2D eigenvalue weighted by atomic mass is 10.2. The van der Waals surface area contributed by atoms with E-state index in [1.54, 1.807) is 31.2 Å². The number of rotatable bonds is 4. The van der Waals surface area contributed by atoms with Crippen LogP contribution in [0.15, 0.2) is 46.2 Å². The number of aryl methyl sites for hydroxylation is 2. The molecule has 0 unspecified atom stereocenters. The highest BCUT2D eigenvalue weighted by Crippen LogP contribution is 2.36.